The first-order chi connectivity index (χ1) is 12.7. The molecule has 146 valence electrons. The summed E-state index contributed by atoms with van der Waals surface area (Å²) < 4.78 is 38.6. The van der Waals surface area contributed by atoms with E-state index in [4.69, 9.17) is 21.1 Å². The highest BCUT2D eigenvalue weighted by molar-refractivity contribution is 7.89. The van der Waals surface area contributed by atoms with Crippen molar-refractivity contribution in [2.45, 2.75) is 38.8 Å². The minimum Gasteiger partial charge on any atom is -0.490 e. The molecule has 0 unspecified atom stereocenters. The molecule has 1 aliphatic heterocycles. The molecule has 27 heavy (non-hydrogen) atoms. The molecule has 2 aromatic carbocycles. The fourth-order valence-corrected chi connectivity index (χ4v) is 4.15. The number of fused-ring (bicyclic) bond motifs is 1. The Bertz CT molecular complexity index is 895. The first-order valence-electron chi connectivity index (χ1n) is 8.90. The molecule has 0 fully saturated rings. The number of benzene rings is 2. The summed E-state index contributed by atoms with van der Waals surface area (Å²) in [5.41, 5.74) is 1.74. The zero-order valence-electron chi connectivity index (χ0n) is 15.5. The Labute approximate surface area is 165 Å². The van der Waals surface area contributed by atoms with Gasteiger partial charge in [0.1, 0.15) is 5.60 Å². The van der Waals surface area contributed by atoms with Gasteiger partial charge < -0.3 is 9.47 Å². The molecular weight excluding hydrogens is 386 g/mol. The number of nitrogens with one attached hydrogen (secondary N) is 1. The maximum Gasteiger partial charge on any atom is 0.212 e. The van der Waals surface area contributed by atoms with Crippen LogP contribution in [0.5, 0.6) is 11.5 Å². The van der Waals surface area contributed by atoms with Crippen LogP contribution < -0.4 is 14.2 Å². The minimum atomic E-state index is -3.37. The number of halogens is 1. The fraction of sp³-hybridized carbons (Fsp3) is 0.400. The van der Waals surface area contributed by atoms with E-state index in [1.807, 2.05) is 32.0 Å². The third-order valence-corrected chi connectivity index (χ3v) is 5.94. The Morgan fingerprint density at radius 2 is 1.93 bits per heavy atom. The standard InChI is InChI=1S/C20H24ClNO4S/c1-20(2)13-16-5-3-6-18(19(16)26-20)25-11-4-12-27(23,24)22-14-15-7-9-17(21)10-8-15/h3,5-10,22H,4,11-14H2,1-2H3. The largest absolute Gasteiger partial charge is 0.490 e. The van der Waals surface area contributed by atoms with Crippen molar-refractivity contribution in [1.82, 2.24) is 4.72 Å². The van der Waals surface area contributed by atoms with Crippen LogP contribution in [-0.2, 0) is 23.0 Å². The van der Waals surface area contributed by atoms with Crippen molar-refractivity contribution in [3.8, 4) is 11.5 Å². The van der Waals surface area contributed by atoms with Gasteiger partial charge in [0.15, 0.2) is 11.5 Å². The molecular formula is C20H24ClNO4S. The molecule has 0 aliphatic carbocycles. The van der Waals surface area contributed by atoms with E-state index < -0.39 is 10.0 Å². The van der Waals surface area contributed by atoms with E-state index in [1.54, 1.807) is 24.3 Å². The van der Waals surface area contributed by atoms with Crippen LogP contribution in [0.2, 0.25) is 5.02 Å². The van der Waals surface area contributed by atoms with E-state index in [-0.39, 0.29) is 17.9 Å². The summed E-state index contributed by atoms with van der Waals surface area (Å²) in [5.74, 6) is 1.44. The molecule has 1 N–H and O–H groups in total. The van der Waals surface area contributed by atoms with Gasteiger partial charge in [0.05, 0.1) is 12.4 Å². The summed E-state index contributed by atoms with van der Waals surface area (Å²) in [6.45, 7) is 4.63. The second-order valence-electron chi connectivity index (χ2n) is 7.25. The average molecular weight is 410 g/mol. The van der Waals surface area contributed by atoms with Crippen LogP contribution in [0.15, 0.2) is 42.5 Å². The van der Waals surface area contributed by atoms with Gasteiger partial charge in [-0.05, 0) is 44.0 Å². The van der Waals surface area contributed by atoms with Gasteiger partial charge in [-0.2, -0.15) is 0 Å². The van der Waals surface area contributed by atoms with Gasteiger partial charge in [0.25, 0.3) is 0 Å². The third-order valence-electron chi connectivity index (χ3n) is 4.28. The molecule has 2 aromatic rings. The quantitative estimate of drug-likeness (QED) is 0.670. The molecule has 1 aliphatic rings. The lowest BCUT2D eigenvalue weighted by Crippen LogP contribution is -2.26. The van der Waals surface area contributed by atoms with Crippen molar-refractivity contribution in [2.75, 3.05) is 12.4 Å². The highest BCUT2D eigenvalue weighted by Gasteiger charge is 2.32. The SMILES string of the molecule is CC1(C)Cc2cccc(OCCCS(=O)(=O)NCc3ccc(Cl)cc3)c2O1. The van der Waals surface area contributed by atoms with Crippen molar-refractivity contribution in [1.29, 1.82) is 0 Å². The number of sulfonamides is 1. The zero-order valence-corrected chi connectivity index (χ0v) is 17.1. The second kappa shape index (κ2) is 8.09. The van der Waals surface area contributed by atoms with Gasteiger partial charge in [-0.25, -0.2) is 13.1 Å². The summed E-state index contributed by atoms with van der Waals surface area (Å²) in [6.07, 6.45) is 1.23. The Hall–Kier alpha value is -1.76. The van der Waals surface area contributed by atoms with E-state index in [9.17, 15) is 8.42 Å². The van der Waals surface area contributed by atoms with Crippen LogP contribution in [0, 0.1) is 0 Å². The lowest BCUT2D eigenvalue weighted by atomic mass is 10.0. The van der Waals surface area contributed by atoms with Crippen LogP contribution in [0.1, 0.15) is 31.4 Å². The highest BCUT2D eigenvalue weighted by atomic mass is 35.5. The van der Waals surface area contributed by atoms with E-state index in [0.29, 0.717) is 23.8 Å². The molecule has 0 saturated heterocycles. The van der Waals surface area contributed by atoms with Crippen LogP contribution in [0.25, 0.3) is 0 Å². The predicted molar refractivity (Wildman–Crippen MR) is 107 cm³/mol. The van der Waals surface area contributed by atoms with Gasteiger partial charge in [-0.1, -0.05) is 35.9 Å². The number of rotatable bonds is 8. The van der Waals surface area contributed by atoms with Gasteiger partial charge >= 0.3 is 0 Å². The fourth-order valence-electron chi connectivity index (χ4n) is 3.00. The number of hydrogen-bond acceptors (Lipinski definition) is 4. The van der Waals surface area contributed by atoms with Crippen molar-refractivity contribution in [3.05, 3.63) is 58.6 Å². The summed E-state index contributed by atoms with van der Waals surface area (Å²) in [7, 11) is -3.37. The Morgan fingerprint density at radius 3 is 2.67 bits per heavy atom. The molecule has 0 bridgehead atoms. The average Bonchev–Trinajstić information content (AvgIpc) is 2.93. The van der Waals surface area contributed by atoms with Gasteiger partial charge in [0, 0.05) is 23.6 Å². The molecule has 5 nitrogen and oxygen atoms in total. The summed E-state index contributed by atoms with van der Waals surface area (Å²) >= 11 is 5.83. The molecule has 0 aromatic heterocycles. The third kappa shape index (κ3) is 5.61. The van der Waals surface area contributed by atoms with Crippen molar-refractivity contribution in [3.63, 3.8) is 0 Å². The Balaban J connectivity index is 1.46. The van der Waals surface area contributed by atoms with Crippen LogP contribution in [0.4, 0.5) is 0 Å². The van der Waals surface area contributed by atoms with Crippen LogP contribution >= 0.6 is 11.6 Å². The lowest BCUT2D eigenvalue weighted by Gasteiger charge is -2.18. The predicted octanol–water partition coefficient (Wildman–Crippen LogP) is 3.94. The van der Waals surface area contributed by atoms with E-state index in [0.717, 1.165) is 23.3 Å². The van der Waals surface area contributed by atoms with Crippen LogP contribution in [0.3, 0.4) is 0 Å². The first-order valence-corrected chi connectivity index (χ1v) is 10.9. The van der Waals surface area contributed by atoms with Crippen molar-refractivity contribution < 1.29 is 17.9 Å². The first kappa shape index (κ1) is 20.0. The highest BCUT2D eigenvalue weighted by Crippen LogP contribution is 2.41. The molecule has 0 amide bonds. The number of para-hydroxylation sites is 1. The van der Waals surface area contributed by atoms with E-state index >= 15 is 0 Å². The Morgan fingerprint density at radius 1 is 1.19 bits per heavy atom. The molecule has 0 saturated carbocycles. The zero-order chi connectivity index (χ0) is 19.5. The summed E-state index contributed by atoms with van der Waals surface area (Å²) in [4.78, 5) is 0. The lowest BCUT2D eigenvalue weighted by molar-refractivity contribution is 0.132. The van der Waals surface area contributed by atoms with Crippen molar-refractivity contribution >= 4 is 21.6 Å². The monoisotopic (exact) mass is 409 g/mol. The van der Waals surface area contributed by atoms with Gasteiger partial charge in [-0.15, -0.1) is 0 Å². The number of ether oxygens (including phenoxy) is 2. The van der Waals surface area contributed by atoms with Gasteiger partial charge in [-0.3, -0.25) is 0 Å². The smallest absolute Gasteiger partial charge is 0.212 e. The molecule has 0 spiro atoms. The second-order valence-corrected chi connectivity index (χ2v) is 9.61. The topological polar surface area (TPSA) is 64.6 Å². The molecule has 0 atom stereocenters. The molecule has 3 rings (SSSR count). The molecule has 0 radical (unpaired) electrons. The Kier molecular flexibility index (Phi) is 5.99. The molecule has 7 heteroatoms. The minimum absolute atomic E-state index is 0.00195. The van der Waals surface area contributed by atoms with E-state index in [1.165, 1.54) is 0 Å². The van der Waals surface area contributed by atoms with Gasteiger partial charge in [0.2, 0.25) is 10.0 Å². The maximum atomic E-state index is 12.1. The number of hydrogen-bond donors (Lipinski definition) is 1. The normalized spacial score (nSPS) is 15.2. The summed E-state index contributed by atoms with van der Waals surface area (Å²) in [5, 5.41) is 0.624. The van der Waals surface area contributed by atoms with Crippen molar-refractivity contribution in [2.24, 2.45) is 0 Å². The maximum absolute atomic E-state index is 12.1. The van der Waals surface area contributed by atoms with E-state index in [2.05, 4.69) is 4.72 Å². The van der Waals surface area contributed by atoms with Crippen LogP contribution in [-0.4, -0.2) is 26.4 Å². The summed E-state index contributed by atoms with van der Waals surface area (Å²) in [6, 6.07) is 12.9. The molecule has 1 heterocycles.